The van der Waals surface area contributed by atoms with Crippen molar-refractivity contribution in [2.45, 2.75) is 26.3 Å². The quantitative estimate of drug-likeness (QED) is 0.875. The van der Waals surface area contributed by atoms with Crippen LogP contribution < -0.4 is 10.9 Å². The average molecular weight is 249 g/mol. The van der Waals surface area contributed by atoms with E-state index in [1.54, 1.807) is 11.3 Å². The molecule has 1 atom stereocenters. The molecule has 0 saturated heterocycles. The molecule has 0 aliphatic heterocycles. The molecule has 2 heterocycles. The van der Waals surface area contributed by atoms with Crippen molar-refractivity contribution >= 4 is 17.2 Å². The summed E-state index contributed by atoms with van der Waals surface area (Å²) in [5.41, 5.74) is -0.113. The Balaban J connectivity index is 2.18. The number of thiophene rings is 1. The normalized spacial score (nSPS) is 12.4. The van der Waals surface area contributed by atoms with E-state index in [1.807, 2.05) is 18.4 Å². The zero-order chi connectivity index (χ0) is 12.3. The molecule has 2 aromatic heterocycles. The molecule has 90 valence electrons. The van der Waals surface area contributed by atoms with Crippen molar-refractivity contribution in [1.29, 1.82) is 0 Å². The Morgan fingerprint density at radius 1 is 1.59 bits per heavy atom. The highest BCUT2D eigenvalue weighted by molar-refractivity contribution is 7.10. The number of hydrogen-bond donors (Lipinski definition) is 2. The minimum Gasteiger partial charge on any atom is -0.363 e. The predicted molar refractivity (Wildman–Crippen MR) is 70.6 cm³/mol. The van der Waals surface area contributed by atoms with Crippen LogP contribution in [-0.2, 0) is 6.42 Å². The van der Waals surface area contributed by atoms with Gasteiger partial charge in [-0.25, -0.2) is 4.98 Å². The highest BCUT2D eigenvalue weighted by atomic mass is 32.1. The van der Waals surface area contributed by atoms with Crippen LogP contribution in [0.1, 0.15) is 30.6 Å². The van der Waals surface area contributed by atoms with Crippen LogP contribution in [-0.4, -0.2) is 9.97 Å². The molecule has 1 unspecified atom stereocenters. The van der Waals surface area contributed by atoms with Gasteiger partial charge in [-0.2, -0.15) is 0 Å². The molecule has 0 aliphatic carbocycles. The third-order valence-corrected chi connectivity index (χ3v) is 3.51. The van der Waals surface area contributed by atoms with E-state index in [1.165, 1.54) is 10.9 Å². The number of nitrogens with one attached hydrogen (secondary N) is 2. The summed E-state index contributed by atoms with van der Waals surface area (Å²) in [6.07, 6.45) is 0.720. The monoisotopic (exact) mass is 249 g/mol. The van der Waals surface area contributed by atoms with E-state index < -0.39 is 0 Å². The van der Waals surface area contributed by atoms with Crippen LogP contribution in [0.25, 0.3) is 0 Å². The van der Waals surface area contributed by atoms with Gasteiger partial charge in [0, 0.05) is 17.4 Å². The van der Waals surface area contributed by atoms with Crippen molar-refractivity contribution < 1.29 is 0 Å². The molecule has 5 heteroatoms. The topological polar surface area (TPSA) is 57.8 Å². The summed E-state index contributed by atoms with van der Waals surface area (Å²) < 4.78 is 0. The summed E-state index contributed by atoms with van der Waals surface area (Å²) in [6.45, 7) is 4.02. The lowest BCUT2D eigenvalue weighted by Crippen LogP contribution is -2.14. The van der Waals surface area contributed by atoms with Crippen LogP contribution >= 0.6 is 11.3 Å². The predicted octanol–water partition coefficient (Wildman–Crippen LogP) is 2.57. The molecule has 0 radical (unpaired) electrons. The summed E-state index contributed by atoms with van der Waals surface area (Å²) in [7, 11) is 0. The molecule has 17 heavy (non-hydrogen) atoms. The Labute approximate surface area is 104 Å². The zero-order valence-corrected chi connectivity index (χ0v) is 10.7. The Hall–Kier alpha value is -1.62. The van der Waals surface area contributed by atoms with Crippen LogP contribution in [0.2, 0.25) is 0 Å². The van der Waals surface area contributed by atoms with E-state index in [-0.39, 0.29) is 11.6 Å². The van der Waals surface area contributed by atoms with Crippen molar-refractivity contribution in [2.75, 3.05) is 5.32 Å². The first kappa shape index (κ1) is 11.9. The fraction of sp³-hybridized carbons (Fsp3) is 0.333. The van der Waals surface area contributed by atoms with E-state index >= 15 is 0 Å². The SMILES string of the molecule is CCc1nc(NC(C)c2cccs2)cc(=O)[nH]1. The van der Waals surface area contributed by atoms with Crippen molar-refractivity contribution in [3.05, 3.63) is 44.6 Å². The maximum atomic E-state index is 11.4. The largest absolute Gasteiger partial charge is 0.363 e. The van der Waals surface area contributed by atoms with Crippen molar-refractivity contribution in [3.8, 4) is 0 Å². The van der Waals surface area contributed by atoms with Gasteiger partial charge in [-0.05, 0) is 18.4 Å². The molecular formula is C12H15N3OS. The molecule has 4 nitrogen and oxygen atoms in total. The molecule has 2 N–H and O–H groups in total. The van der Waals surface area contributed by atoms with E-state index in [2.05, 4.69) is 28.3 Å². The summed E-state index contributed by atoms with van der Waals surface area (Å²) >= 11 is 1.69. The van der Waals surface area contributed by atoms with Crippen molar-refractivity contribution in [2.24, 2.45) is 0 Å². The van der Waals surface area contributed by atoms with Gasteiger partial charge in [0.25, 0.3) is 5.56 Å². The number of anilines is 1. The van der Waals surface area contributed by atoms with Gasteiger partial charge >= 0.3 is 0 Å². The van der Waals surface area contributed by atoms with E-state index in [0.29, 0.717) is 11.6 Å². The minimum absolute atomic E-state index is 0.113. The van der Waals surface area contributed by atoms with Gasteiger partial charge in [0.05, 0.1) is 6.04 Å². The number of aromatic amines is 1. The molecule has 0 amide bonds. The molecule has 2 rings (SSSR count). The summed E-state index contributed by atoms with van der Waals surface area (Å²) in [5.74, 6) is 1.34. The molecule has 0 fully saturated rings. The molecule has 2 aromatic rings. The average Bonchev–Trinajstić information content (AvgIpc) is 2.81. The smallest absolute Gasteiger partial charge is 0.252 e. The first-order chi connectivity index (χ1) is 8.19. The third kappa shape index (κ3) is 2.94. The second-order valence-electron chi connectivity index (χ2n) is 3.81. The maximum Gasteiger partial charge on any atom is 0.252 e. The Bertz CT molecular complexity index is 533. The van der Waals surface area contributed by atoms with E-state index in [4.69, 9.17) is 0 Å². The molecule has 0 aromatic carbocycles. The lowest BCUT2D eigenvalue weighted by atomic mass is 10.3. The maximum absolute atomic E-state index is 11.4. The number of rotatable bonds is 4. The Morgan fingerprint density at radius 2 is 2.41 bits per heavy atom. The minimum atomic E-state index is -0.113. The number of aromatic nitrogens is 2. The number of H-pyrrole nitrogens is 1. The fourth-order valence-electron chi connectivity index (χ4n) is 1.58. The fourth-order valence-corrected chi connectivity index (χ4v) is 2.31. The highest BCUT2D eigenvalue weighted by Gasteiger charge is 2.07. The van der Waals surface area contributed by atoms with Gasteiger partial charge in [0.2, 0.25) is 0 Å². The van der Waals surface area contributed by atoms with Gasteiger partial charge < -0.3 is 10.3 Å². The van der Waals surface area contributed by atoms with Crippen LogP contribution in [0.4, 0.5) is 5.82 Å². The Morgan fingerprint density at radius 3 is 3.06 bits per heavy atom. The summed E-state index contributed by atoms with van der Waals surface area (Å²) in [5, 5.41) is 5.28. The second kappa shape index (κ2) is 5.14. The molecular weight excluding hydrogens is 234 g/mol. The molecule has 0 bridgehead atoms. The van der Waals surface area contributed by atoms with Crippen molar-refractivity contribution in [1.82, 2.24) is 9.97 Å². The zero-order valence-electron chi connectivity index (χ0n) is 9.86. The number of hydrogen-bond acceptors (Lipinski definition) is 4. The molecule has 0 saturated carbocycles. The van der Waals surface area contributed by atoms with Crippen LogP contribution in [0.3, 0.4) is 0 Å². The first-order valence-electron chi connectivity index (χ1n) is 5.59. The molecule has 0 spiro atoms. The van der Waals surface area contributed by atoms with Crippen LogP contribution in [0.5, 0.6) is 0 Å². The lowest BCUT2D eigenvalue weighted by molar-refractivity contribution is 0.865. The second-order valence-corrected chi connectivity index (χ2v) is 4.79. The first-order valence-corrected chi connectivity index (χ1v) is 6.47. The lowest BCUT2D eigenvalue weighted by Gasteiger charge is -2.12. The Kier molecular flexibility index (Phi) is 3.58. The summed E-state index contributed by atoms with van der Waals surface area (Å²) in [4.78, 5) is 19.7. The summed E-state index contributed by atoms with van der Waals surface area (Å²) in [6, 6.07) is 5.73. The van der Waals surface area contributed by atoms with Gasteiger partial charge in [-0.15, -0.1) is 11.3 Å². The van der Waals surface area contributed by atoms with Crippen LogP contribution in [0.15, 0.2) is 28.4 Å². The number of nitrogens with zero attached hydrogens (tertiary/aromatic N) is 1. The van der Waals surface area contributed by atoms with Crippen molar-refractivity contribution in [3.63, 3.8) is 0 Å². The third-order valence-electron chi connectivity index (χ3n) is 2.46. The standard InChI is InChI=1S/C12H15N3OS/c1-3-10-14-11(7-12(16)15-10)13-8(2)9-5-4-6-17-9/h4-8H,3H2,1-2H3,(H2,13,14,15,16). The van der Waals surface area contributed by atoms with Gasteiger partial charge in [0.15, 0.2) is 0 Å². The van der Waals surface area contributed by atoms with Gasteiger partial charge in [-0.3, -0.25) is 4.79 Å². The molecule has 0 aliphatic rings. The highest BCUT2D eigenvalue weighted by Crippen LogP contribution is 2.21. The number of aryl methyl sites for hydroxylation is 1. The van der Waals surface area contributed by atoms with Gasteiger partial charge in [0.1, 0.15) is 11.6 Å². The van der Waals surface area contributed by atoms with Crippen LogP contribution in [0, 0.1) is 0 Å². The van der Waals surface area contributed by atoms with E-state index in [0.717, 1.165) is 6.42 Å². The van der Waals surface area contributed by atoms with E-state index in [9.17, 15) is 4.79 Å². The van der Waals surface area contributed by atoms with Gasteiger partial charge in [-0.1, -0.05) is 13.0 Å².